The van der Waals surface area contributed by atoms with Gasteiger partial charge in [-0.1, -0.05) is 32.0 Å². The third-order valence-corrected chi connectivity index (χ3v) is 5.56. The quantitative estimate of drug-likeness (QED) is 0.819. The fourth-order valence-electron chi connectivity index (χ4n) is 2.10. The Morgan fingerprint density at radius 1 is 1.10 bits per heavy atom. The molecule has 20 heavy (non-hydrogen) atoms. The molecule has 0 amide bonds. The van der Waals surface area contributed by atoms with E-state index in [1.165, 1.54) is 0 Å². The van der Waals surface area contributed by atoms with E-state index in [9.17, 15) is 8.42 Å². The van der Waals surface area contributed by atoms with Gasteiger partial charge in [-0.05, 0) is 25.0 Å². The Bertz CT molecular complexity index is 646. The molecule has 0 unspecified atom stereocenters. The van der Waals surface area contributed by atoms with Gasteiger partial charge in [0.15, 0.2) is 9.84 Å². The summed E-state index contributed by atoms with van der Waals surface area (Å²) in [4.78, 5) is 0. The van der Waals surface area contributed by atoms with Gasteiger partial charge < -0.3 is 4.42 Å². The summed E-state index contributed by atoms with van der Waals surface area (Å²) in [5, 5.41) is 7.38. The van der Waals surface area contributed by atoms with E-state index >= 15 is 0 Å². The van der Waals surface area contributed by atoms with Crippen molar-refractivity contribution in [1.29, 1.82) is 0 Å². The topological polar surface area (TPSA) is 73.1 Å². The van der Waals surface area contributed by atoms with E-state index in [0.717, 1.165) is 5.56 Å². The first-order valence-corrected chi connectivity index (χ1v) is 8.37. The van der Waals surface area contributed by atoms with E-state index < -0.39 is 9.84 Å². The molecule has 1 aromatic carbocycles. The highest BCUT2D eigenvalue weighted by atomic mass is 32.2. The first-order chi connectivity index (χ1) is 9.56. The highest BCUT2D eigenvalue weighted by molar-refractivity contribution is 7.91. The molecule has 6 heteroatoms. The van der Waals surface area contributed by atoms with Crippen LogP contribution >= 0.6 is 0 Å². The molecule has 0 aliphatic heterocycles. The summed E-state index contributed by atoms with van der Waals surface area (Å²) in [6.45, 7) is 3.74. The second-order valence-corrected chi connectivity index (χ2v) is 6.89. The summed E-state index contributed by atoms with van der Waals surface area (Å²) in [6.07, 6.45) is 1.19. The van der Waals surface area contributed by atoms with Gasteiger partial charge in [0.05, 0.1) is 5.25 Å². The van der Waals surface area contributed by atoms with Crippen molar-refractivity contribution >= 4 is 9.84 Å². The molecule has 2 aromatic rings. The Hall–Kier alpha value is -1.69. The van der Waals surface area contributed by atoms with Crippen LogP contribution in [-0.4, -0.2) is 23.9 Å². The molecular formula is C14H18N2O3S. The van der Waals surface area contributed by atoms with Gasteiger partial charge in [-0.25, -0.2) is 8.42 Å². The summed E-state index contributed by atoms with van der Waals surface area (Å²) in [7, 11) is -3.24. The lowest BCUT2D eigenvalue weighted by Crippen LogP contribution is -2.21. The Balaban J connectivity index is 2.18. The van der Waals surface area contributed by atoms with E-state index in [0.29, 0.717) is 18.7 Å². The van der Waals surface area contributed by atoms with Gasteiger partial charge in [0.25, 0.3) is 0 Å². The van der Waals surface area contributed by atoms with Crippen LogP contribution in [0.4, 0.5) is 0 Å². The van der Waals surface area contributed by atoms with Crippen molar-refractivity contribution < 1.29 is 12.8 Å². The summed E-state index contributed by atoms with van der Waals surface area (Å²) in [5.74, 6) is 0.301. The fourth-order valence-corrected chi connectivity index (χ4v) is 3.81. The number of benzene rings is 1. The van der Waals surface area contributed by atoms with Gasteiger partial charge in [0, 0.05) is 5.56 Å². The maximum atomic E-state index is 12.2. The average molecular weight is 294 g/mol. The molecule has 0 atom stereocenters. The van der Waals surface area contributed by atoms with Crippen LogP contribution in [0.2, 0.25) is 0 Å². The van der Waals surface area contributed by atoms with E-state index in [1.807, 2.05) is 44.2 Å². The molecule has 0 spiro atoms. The van der Waals surface area contributed by atoms with Crippen LogP contribution in [0.25, 0.3) is 11.5 Å². The van der Waals surface area contributed by atoms with Crippen LogP contribution in [0.3, 0.4) is 0 Å². The molecule has 0 bridgehead atoms. The molecule has 0 radical (unpaired) electrons. The first-order valence-electron chi connectivity index (χ1n) is 6.66. The molecule has 1 heterocycles. The average Bonchev–Trinajstić information content (AvgIpc) is 2.88. The maximum absolute atomic E-state index is 12.2. The Labute approximate surface area is 119 Å². The van der Waals surface area contributed by atoms with Crippen LogP contribution < -0.4 is 0 Å². The van der Waals surface area contributed by atoms with E-state index in [2.05, 4.69) is 10.2 Å². The van der Waals surface area contributed by atoms with Gasteiger partial charge in [-0.15, -0.1) is 10.2 Å². The predicted octanol–water partition coefficient (Wildman–Crippen LogP) is 2.84. The van der Waals surface area contributed by atoms with Crippen molar-refractivity contribution in [2.24, 2.45) is 0 Å². The molecule has 1 aromatic heterocycles. The van der Waals surface area contributed by atoms with Gasteiger partial charge >= 0.3 is 0 Å². The lowest BCUT2D eigenvalue weighted by Gasteiger charge is -2.11. The predicted molar refractivity (Wildman–Crippen MR) is 76.7 cm³/mol. The molecule has 0 aliphatic rings. The minimum atomic E-state index is -3.24. The van der Waals surface area contributed by atoms with E-state index in [1.54, 1.807) is 0 Å². The normalized spacial score (nSPS) is 11.9. The molecular weight excluding hydrogens is 276 g/mol. The summed E-state index contributed by atoms with van der Waals surface area (Å²) in [5.41, 5.74) is 0.784. The van der Waals surface area contributed by atoms with Crippen molar-refractivity contribution in [3.8, 4) is 11.5 Å². The second-order valence-electron chi connectivity index (χ2n) is 4.61. The molecule has 0 fully saturated rings. The van der Waals surface area contributed by atoms with Crippen LogP contribution in [-0.2, 0) is 15.6 Å². The molecule has 0 aliphatic carbocycles. The minimum absolute atomic E-state index is 0.149. The van der Waals surface area contributed by atoms with Crippen LogP contribution in [0.5, 0.6) is 0 Å². The van der Waals surface area contributed by atoms with Crippen molar-refractivity contribution in [3.63, 3.8) is 0 Å². The first kappa shape index (κ1) is 14.7. The molecule has 0 saturated carbocycles. The molecule has 2 rings (SSSR count). The number of aromatic nitrogens is 2. The molecule has 0 N–H and O–H groups in total. The number of hydrogen-bond donors (Lipinski definition) is 0. The Morgan fingerprint density at radius 2 is 1.75 bits per heavy atom. The van der Waals surface area contributed by atoms with Gasteiger partial charge in [0.1, 0.15) is 5.75 Å². The zero-order valence-corrected chi connectivity index (χ0v) is 12.4. The minimum Gasteiger partial charge on any atom is -0.420 e. The van der Waals surface area contributed by atoms with Crippen molar-refractivity contribution in [1.82, 2.24) is 10.2 Å². The van der Waals surface area contributed by atoms with E-state index in [-0.39, 0.29) is 16.9 Å². The van der Waals surface area contributed by atoms with Crippen molar-refractivity contribution in [2.45, 2.75) is 37.7 Å². The number of nitrogens with zero attached hydrogens (tertiary/aromatic N) is 2. The molecule has 108 valence electrons. The number of rotatable bonds is 6. The van der Waals surface area contributed by atoms with Gasteiger partial charge in [-0.2, -0.15) is 0 Å². The largest absolute Gasteiger partial charge is 0.420 e. The summed E-state index contributed by atoms with van der Waals surface area (Å²) >= 11 is 0. The smallest absolute Gasteiger partial charge is 0.247 e. The van der Waals surface area contributed by atoms with Crippen molar-refractivity contribution in [2.75, 3.05) is 0 Å². The van der Waals surface area contributed by atoms with Crippen molar-refractivity contribution in [3.05, 3.63) is 36.2 Å². The number of sulfone groups is 1. The third kappa shape index (κ3) is 3.25. The lowest BCUT2D eigenvalue weighted by atomic mass is 10.2. The highest BCUT2D eigenvalue weighted by Gasteiger charge is 2.25. The zero-order valence-electron chi connectivity index (χ0n) is 11.6. The second kappa shape index (κ2) is 6.17. The fraction of sp³-hybridized carbons (Fsp3) is 0.429. The Kier molecular flexibility index (Phi) is 4.54. The maximum Gasteiger partial charge on any atom is 0.247 e. The summed E-state index contributed by atoms with van der Waals surface area (Å²) in [6, 6.07) is 9.29. The zero-order chi connectivity index (χ0) is 14.6. The van der Waals surface area contributed by atoms with Crippen LogP contribution in [0.1, 0.15) is 32.6 Å². The summed E-state index contributed by atoms with van der Waals surface area (Å²) < 4.78 is 29.8. The Morgan fingerprint density at radius 3 is 2.35 bits per heavy atom. The van der Waals surface area contributed by atoms with E-state index in [4.69, 9.17) is 4.42 Å². The lowest BCUT2D eigenvalue weighted by molar-refractivity contribution is 0.513. The SMILES string of the molecule is CCC(CC)S(=O)(=O)Cc1nnc(-c2ccccc2)o1. The van der Waals surface area contributed by atoms with Crippen LogP contribution in [0.15, 0.2) is 34.7 Å². The van der Waals surface area contributed by atoms with Gasteiger partial charge in [-0.3, -0.25) is 0 Å². The molecule has 5 nitrogen and oxygen atoms in total. The van der Waals surface area contributed by atoms with Gasteiger partial charge in [0.2, 0.25) is 11.8 Å². The van der Waals surface area contributed by atoms with Crippen LogP contribution in [0, 0.1) is 0 Å². The standard InChI is InChI=1S/C14H18N2O3S/c1-3-12(4-2)20(17,18)10-13-15-16-14(19-13)11-8-6-5-7-9-11/h5-9,12H,3-4,10H2,1-2H3. The highest BCUT2D eigenvalue weighted by Crippen LogP contribution is 2.20. The number of hydrogen-bond acceptors (Lipinski definition) is 5. The third-order valence-electron chi connectivity index (χ3n) is 3.23. The monoisotopic (exact) mass is 294 g/mol. The molecule has 0 saturated heterocycles.